The molecule has 3 heteroatoms. The molecule has 106 valence electrons. The molecule has 1 amide bonds. The average Bonchev–Trinajstić information content (AvgIpc) is 2.33. The minimum absolute atomic E-state index is 0.0525. The molecule has 0 aromatic rings. The fraction of sp³-hybridized carbons (Fsp3) is 0.933. The third-order valence-corrected chi connectivity index (χ3v) is 4.37. The molecule has 0 saturated carbocycles. The zero-order valence-corrected chi connectivity index (χ0v) is 12.5. The fourth-order valence-corrected chi connectivity index (χ4v) is 2.77. The number of carbonyl (C=O) groups is 1. The first-order chi connectivity index (χ1) is 8.42. The molecular weight excluding hydrogens is 224 g/mol. The Labute approximate surface area is 112 Å². The van der Waals surface area contributed by atoms with Crippen LogP contribution in [-0.2, 0) is 4.79 Å². The Kier molecular flexibility index (Phi) is 5.64. The fourth-order valence-electron chi connectivity index (χ4n) is 2.77. The van der Waals surface area contributed by atoms with E-state index in [0.29, 0.717) is 5.91 Å². The van der Waals surface area contributed by atoms with Crippen molar-refractivity contribution in [3.05, 3.63) is 0 Å². The lowest BCUT2D eigenvalue weighted by molar-refractivity contribution is -0.139. The Morgan fingerprint density at radius 1 is 1.44 bits per heavy atom. The van der Waals surface area contributed by atoms with Gasteiger partial charge < -0.3 is 10.6 Å². The Bertz CT molecular complexity index is 276. The Balaban J connectivity index is 2.60. The van der Waals surface area contributed by atoms with Crippen molar-refractivity contribution >= 4 is 5.91 Å². The summed E-state index contributed by atoms with van der Waals surface area (Å²) < 4.78 is 0. The lowest BCUT2D eigenvalue weighted by Gasteiger charge is -2.43. The molecule has 1 aliphatic rings. The van der Waals surface area contributed by atoms with E-state index in [1.165, 1.54) is 6.42 Å². The number of rotatable bonds is 5. The van der Waals surface area contributed by atoms with Crippen LogP contribution in [0.3, 0.4) is 0 Å². The van der Waals surface area contributed by atoms with Crippen molar-refractivity contribution in [3.8, 4) is 0 Å². The molecule has 0 spiro atoms. The van der Waals surface area contributed by atoms with Gasteiger partial charge in [-0.2, -0.15) is 0 Å². The molecule has 0 bridgehead atoms. The third kappa shape index (κ3) is 3.71. The molecule has 1 fully saturated rings. The van der Waals surface area contributed by atoms with Crippen LogP contribution in [0.4, 0.5) is 0 Å². The number of piperidine rings is 1. The summed E-state index contributed by atoms with van der Waals surface area (Å²) in [5, 5.41) is 0. The van der Waals surface area contributed by atoms with E-state index in [1.807, 2.05) is 4.90 Å². The van der Waals surface area contributed by atoms with Gasteiger partial charge in [0.1, 0.15) is 0 Å². The summed E-state index contributed by atoms with van der Waals surface area (Å²) in [6.07, 6.45) is 5.25. The van der Waals surface area contributed by atoms with Crippen LogP contribution >= 0.6 is 0 Å². The summed E-state index contributed by atoms with van der Waals surface area (Å²) in [7, 11) is 0. The van der Waals surface area contributed by atoms with Crippen molar-refractivity contribution in [3.63, 3.8) is 0 Å². The molecule has 2 atom stereocenters. The second-order valence-corrected chi connectivity index (χ2v) is 6.39. The van der Waals surface area contributed by atoms with Crippen molar-refractivity contribution in [2.24, 2.45) is 17.1 Å². The van der Waals surface area contributed by atoms with Gasteiger partial charge in [0, 0.05) is 25.0 Å². The number of amides is 1. The molecule has 0 aromatic heterocycles. The highest BCUT2D eigenvalue weighted by Gasteiger charge is 2.36. The molecule has 18 heavy (non-hydrogen) atoms. The summed E-state index contributed by atoms with van der Waals surface area (Å²) in [4.78, 5) is 14.6. The quantitative estimate of drug-likeness (QED) is 0.820. The van der Waals surface area contributed by atoms with Crippen LogP contribution in [0.15, 0.2) is 0 Å². The Morgan fingerprint density at radius 3 is 2.61 bits per heavy atom. The number of likely N-dealkylation sites (tertiary alicyclic amines) is 1. The standard InChI is InChI=1S/C15H30N2O/c1-5-7-8-12(6-2)14(18)17-10-9-13(16)15(3,4)11-17/h12-13H,5-11,16H2,1-4H3. The van der Waals surface area contributed by atoms with Crippen molar-refractivity contribution in [2.75, 3.05) is 13.1 Å². The molecule has 0 aliphatic carbocycles. The molecule has 1 heterocycles. The summed E-state index contributed by atoms with van der Waals surface area (Å²) in [5.41, 5.74) is 6.18. The lowest BCUT2D eigenvalue weighted by Crippen LogP contribution is -2.55. The van der Waals surface area contributed by atoms with E-state index in [-0.39, 0.29) is 17.4 Å². The molecule has 0 aromatic carbocycles. The third-order valence-electron chi connectivity index (χ3n) is 4.37. The second-order valence-electron chi connectivity index (χ2n) is 6.39. The van der Waals surface area contributed by atoms with Gasteiger partial charge in [0.05, 0.1) is 0 Å². The molecule has 2 N–H and O–H groups in total. The summed E-state index contributed by atoms with van der Waals surface area (Å²) in [5.74, 6) is 0.570. The molecule has 2 unspecified atom stereocenters. The summed E-state index contributed by atoms with van der Waals surface area (Å²) in [6.45, 7) is 10.3. The highest BCUT2D eigenvalue weighted by Crippen LogP contribution is 2.29. The zero-order valence-electron chi connectivity index (χ0n) is 12.5. The number of nitrogens with zero attached hydrogens (tertiary/aromatic N) is 1. The number of unbranched alkanes of at least 4 members (excludes halogenated alkanes) is 1. The molecular formula is C15H30N2O. The first kappa shape index (κ1) is 15.5. The maximum Gasteiger partial charge on any atom is 0.225 e. The van der Waals surface area contributed by atoms with Crippen molar-refractivity contribution in [2.45, 2.75) is 65.8 Å². The Hall–Kier alpha value is -0.570. The van der Waals surface area contributed by atoms with Crippen LogP contribution in [0.2, 0.25) is 0 Å². The van der Waals surface area contributed by atoms with E-state index in [0.717, 1.165) is 38.8 Å². The van der Waals surface area contributed by atoms with Crippen LogP contribution in [0.5, 0.6) is 0 Å². The first-order valence-electron chi connectivity index (χ1n) is 7.46. The van der Waals surface area contributed by atoms with Gasteiger partial charge in [0.15, 0.2) is 0 Å². The van der Waals surface area contributed by atoms with Gasteiger partial charge in [-0.3, -0.25) is 4.79 Å². The SMILES string of the molecule is CCCCC(CC)C(=O)N1CCC(N)C(C)(C)C1. The van der Waals surface area contributed by atoms with Crippen LogP contribution in [0, 0.1) is 11.3 Å². The second kappa shape index (κ2) is 6.55. The number of hydrogen-bond donors (Lipinski definition) is 1. The molecule has 1 saturated heterocycles. The first-order valence-corrected chi connectivity index (χ1v) is 7.46. The maximum atomic E-state index is 12.5. The summed E-state index contributed by atoms with van der Waals surface area (Å²) >= 11 is 0. The van der Waals surface area contributed by atoms with Gasteiger partial charge in [-0.05, 0) is 24.7 Å². The molecule has 3 nitrogen and oxygen atoms in total. The van der Waals surface area contributed by atoms with E-state index >= 15 is 0 Å². The number of nitrogens with two attached hydrogens (primary N) is 1. The van der Waals surface area contributed by atoms with Gasteiger partial charge in [-0.15, -0.1) is 0 Å². The largest absolute Gasteiger partial charge is 0.342 e. The predicted octanol–water partition coefficient (Wildman–Crippen LogP) is 2.79. The van der Waals surface area contributed by atoms with Crippen LogP contribution in [0.25, 0.3) is 0 Å². The number of carbonyl (C=O) groups excluding carboxylic acids is 1. The smallest absolute Gasteiger partial charge is 0.225 e. The van der Waals surface area contributed by atoms with E-state index < -0.39 is 0 Å². The molecule has 1 aliphatic heterocycles. The van der Waals surface area contributed by atoms with E-state index in [1.54, 1.807) is 0 Å². The van der Waals surface area contributed by atoms with Gasteiger partial charge in [0.25, 0.3) is 0 Å². The average molecular weight is 254 g/mol. The zero-order chi connectivity index (χ0) is 13.8. The van der Waals surface area contributed by atoms with Gasteiger partial charge in [-0.25, -0.2) is 0 Å². The normalized spacial score (nSPS) is 24.9. The van der Waals surface area contributed by atoms with Gasteiger partial charge >= 0.3 is 0 Å². The molecule has 0 radical (unpaired) electrons. The van der Waals surface area contributed by atoms with Gasteiger partial charge in [-0.1, -0.05) is 40.5 Å². The highest BCUT2D eigenvalue weighted by atomic mass is 16.2. The van der Waals surface area contributed by atoms with E-state index in [2.05, 4.69) is 27.7 Å². The van der Waals surface area contributed by atoms with Crippen LogP contribution < -0.4 is 5.73 Å². The van der Waals surface area contributed by atoms with Crippen LogP contribution in [0.1, 0.15) is 59.8 Å². The Morgan fingerprint density at radius 2 is 2.11 bits per heavy atom. The lowest BCUT2D eigenvalue weighted by atomic mass is 9.79. The monoisotopic (exact) mass is 254 g/mol. The minimum Gasteiger partial charge on any atom is -0.342 e. The highest BCUT2D eigenvalue weighted by molar-refractivity contribution is 5.79. The van der Waals surface area contributed by atoms with E-state index in [9.17, 15) is 4.79 Å². The minimum atomic E-state index is 0.0525. The van der Waals surface area contributed by atoms with Crippen LogP contribution in [-0.4, -0.2) is 29.9 Å². The maximum absolute atomic E-state index is 12.5. The van der Waals surface area contributed by atoms with Gasteiger partial charge in [0.2, 0.25) is 5.91 Å². The predicted molar refractivity (Wildman–Crippen MR) is 76.3 cm³/mol. The van der Waals surface area contributed by atoms with Crippen molar-refractivity contribution < 1.29 is 4.79 Å². The van der Waals surface area contributed by atoms with Crippen molar-refractivity contribution in [1.82, 2.24) is 4.90 Å². The van der Waals surface area contributed by atoms with Crippen molar-refractivity contribution in [1.29, 1.82) is 0 Å². The van der Waals surface area contributed by atoms with E-state index in [4.69, 9.17) is 5.73 Å². The number of hydrogen-bond acceptors (Lipinski definition) is 2. The topological polar surface area (TPSA) is 46.3 Å². The summed E-state index contributed by atoms with van der Waals surface area (Å²) in [6, 6.07) is 0.220. The molecule has 1 rings (SSSR count).